The fourth-order valence-electron chi connectivity index (χ4n) is 2.86. The topological polar surface area (TPSA) is 34.1 Å². The Morgan fingerprint density at radius 2 is 1.27 bits per heavy atom. The van der Waals surface area contributed by atoms with Gasteiger partial charge in [0.05, 0.1) is 0 Å². The molecule has 22 heavy (non-hydrogen) atoms. The summed E-state index contributed by atoms with van der Waals surface area (Å²) in [5.41, 5.74) is 1.40. The summed E-state index contributed by atoms with van der Waals surface area (Å²) >= 11 is -0.684. The lowest BCUT2D eigenvalue weighted by Crippen LogP contribution is -3.66. The zero-order valence-corrected chi connectivity index (χ0v) is 13.8. The molecule has 1 aliphatic rings. The molecule has 0 N–H and O–H groups in total. The first-order chi connectivity index (χ1) is 10.8. The first-order valence-corrected chi connectivity index (χ1v) is 9.37. The van der Waals surface area contributed by atoms with Gasteiger partial charge in [0.1, 0.15) is 0 Å². The molecule has 0 amide bonds. The molecule has 0 bridgehead atoms. The second-order valence-electron chi connectivity index (χ2n) is 5.20. The molecule has 0 saturated heterocycles. The fraction of sp³-hybridized carbons (Fsp3) is 0.0526. The monoisotopic (exact) mass is 399 g/mol. The van der Waals surface area contributed by atoms with Crippen molar-refractivity contribution in [3.05, 3.63) is 81.4 Å². The van der Waals surface area contributed by atoms with E-state index in [1.54, 1.807) is 0 Å². The SMILES string of the molecule is O=C1c2cccc3cccc(c23)C(=O)C1[I+]c1ccccc1. The van der Waals surface area contributed by atoms with Gasteiger partial charge in [-0.15, -0.1) is 0 Å². The predicted octanol–water partition coefficient (Wildman–Crippen LogP) is 0.546. The van der Waals surface area contributed by atoms with E-state index >= 15 is 0 Å². The Labute approximate surface area is 138 Å². The second-order valence-corrected chi connectivity index (χ2v) is 8.32. The smallest absolute Gasteiger partial charge is 0.288 e. The average Bonchev–Trinajstić information content (AvgIpc) is 2.57. The van der Waals surface area contributed by atoms with Crippen molar-refractivity contribution in [3.8, 4) is 0 Å². The summed E-state index contributed by atoms with van der Waals surface area (Å²) in [5, 5.41) is 1.79. The Kier molecular flexibility index (Phi) is 3.30. The largest absolute Gasteiger partial charge is 0.334 e. The van der Waals surface area contributed by atoms with E-state index in [1.165, 1.54) is 0 Å². The van der Waals surface area contributed by atoms with Gasteiger partial charge in [-0.2, -0.15) is 0 Å². The highest BCUT2D eigenvalue weighted by Gasteiger charge is 2.45. The molecular formula is C19H12IO2+. The summed E-state index contributed by atoms with van der Waals surface area (Å²) in [6.45, 7) is 0. The number of halogens is 1. The molecule has 3 heteroatoms. The highest BCUT2D eigenvalue weighted by Crippen LogP contribution is 2.28. The molecule has 0 saturated carbocycles. The number of ketones is 2. The maximum atomic E-state index is 12.8. The molecule has 0 aliphatic heterocycles. The van der Waals surface area contributed by atoms with Crippen molar-refractivity contribution in [1.82, 2.24) is 0 Å². The zero-order chi connectivity index (χ0) is 15.1. The van der Waals surface area contributed by atoms with E-state index in [4.69, 9.17) is 0 Å². The first-order valence-electron chi connectivity index (χ1n) is 7.04. The van der Waals surface area contributed by atoms with Crippen LogP contribution in [0.2, 0.25) is 0 Å². The van der Waals surface area contributed by atoms with Gasteiger partial charge in [-0.25, -0.2) is 0 Å². The summed E-state index contributed by atoms with van der Waals surface area (Å²) in [6, 6.07) is 21.3. The number of rotatable bonds is 2. The third-order valence-corrected chi connectivity index (χ3v) is 7.06. The summed E-state index contributed by atoms with van der Waals surface area (Å²) < 4.78 is 0.626. The number of Topliss-reactive ketones (excluding diaryl/α,β-unsaturated/α-hetero) is 2. The molecule has 0 atom stereocenters. The Morgan fingerprint density at radius 3 is 1.86 bits per heavy atom. The molecule has 0 unspecified atom stereocenters. The van der Waals surface area contributed by atoms with E-state index < -0.39 is 25.1 Å². The van der Waals surface area contributed by atoms with Crippen molar-refractivity contribution in [2.75, 3.05) is 0 Å². The van der Waals surface area contributed by atoms with Crippen LogP contribution < -0.4 is 21.2 Å². The zero-order valence-electron chi connectivity index (χ0n) is 11.6. The van der Waals surface area contributed by atoms with Gasteiger partial charge in [-0.1, -0.05) is 54.6 Å². The van der Waals surface area contributed by atoms with Crippen LogP contribution in [0.5, 0.6) is 0 Å². The van der Waals surface area contributed by atoms with Crippen molar-refractivity contribution in [1.29, 1.82) is 0 Å². The van der Waals surface area contributed by atoms with Crippen molar-refractivity contribution < 1.29 is 30.8 Å². The van der Waals surface area contributed by atoms with Crippen molar-refractivity contribution >= 4 is 22.3 Å². The number of hydrogen-bond acceptors (Lipinski definition) is 2. The van der Waals surface area contributed by atoms with Crippen LogP contribution in [0.25, 0.3) is 10.8 Å². The van der Waals surface area contributed by atoms with E-state index in [0.29, 0.717) is 11.1 Å². The highest BCUT2D eigenvalue weighted by molar-refractivity contribution is 6.30. The van der Waals surface area contributed by atoms with Crippen LogP contribution in [0.3, 0.4) is 0 Å². The van der Waals surface area contributed by atoms with Gasteiger partial charge >= 0.3 is 21.2 Å². The molecule has 0 aromatic heterocycles. The van der Waals surface area contributed by atoms with Gasteiger partial charge in [0.15, 0.2) is 3.57 Å². The quantitative estimate of drug-likeness (QED) is 0.359. The molecule has 2 nitrogen and oxygen atoms in total. The maximum absolute atomic E-state index is 12.8. The van der Waals surface area contributed by atoms with Crippen LogP contribution in [0.1, 0.15) is 20.7 Å². The molecular weight excluding hydrogens is 387 g/mol. The van der Waals surface area contributed by atoms with Gasteiger partial charge in [-0.3, -0.25) is 9.59 Å². The minimum atomic E-state index is -0.684. The lowest BCUT2D eigenvalue weighted by Gasteiger charge is -2.16. The minimum Gasteiger partial charge on any atom is -0.288 e. The Hall–Kier alpha value is -2.01. The Bertz CT molecular complexity index is 849. The van der Waals surface area contributed by atoms with Gasteiger partial charge < -0.3 is 0 Å². The van der Waals surface area contributed by atoms with Gasteiger partial charge in [-0.05, 0) is 17.5 Å². The predicted molar refractivity (Wildman–Crippen MR) is 81.5 cm³/mol. The first kappa shape index (κ1) is 13.6. The van der Waals surface area contributed by atoms with E-state index in [2.05, 4.69) is 0 Å². The number of benzene rings is 3. The molecule has 0 fully saturated rings. The average molecular weight is 399 g/mol. The minimum absolute atomic E-state index is 0.00838. The van der Waals surface area contributed by atoms with Gasteiger partial charge in [0.2, 0.25) is 11.6 Å². The number of hydrogen-bond donors (Lipinski definition) is 0. The third kappa shape index (κ3) is 2.08. The van der Waals surface area contributed by atoms with Crippen molar-refractivity contribution in [2.24, 2.45) is 0 Å². The number of alkyl halides is 1. The molecule has 4 rings (SSSR count). The van der Waals surface area contributed by atoms with E-state index in [1.807, 2.05) is 66.7 Å². The summed E-state index contributed by atoms with van der Waals surface area (Å²) in [5.74, 6) is -0.0168. The molecule has 3 aromatic rings. The summed E-state index contributed by atoms with van der Waals surface area (Å²) in [6.07, 6.45) is 0. The summed E-state index contributed by atoms with van der Waals surface area (Å²) in [4.78, 5) is 25.6. The number of carbonyl (C=O) groups is 2. The molecule has 0 radical (unpaired) electrons. The molecule has 3 aromatic carbocycles. The lowest BCUT2D eigenvalue weighted by molar-refractivity contribution is -0.634. The standard InChI is InChI=1S/C19H12IO2/c21-18-14-10-4-6-12-7-5-11-15(16(12)14)19(22)17(18)20-13-8-2-1-3-9-13/h1-11,17H/q+1. The van der Waals surface area contributed by atoms with Crippen LogP contribution in [0.15, 0.2) is 66.7 Å². The maximum Gasteiger partial charge on any atom is 0.334 e. The van der Waals surface area contributed by atoms with Crippen LogP contribution in [-0.4, -0.2) is 15.5 Å². The third-order valence-electron chi connectivity index (χ3n) is 3.86. The van der Waals surface area contributed by atoms with Crippen molar-refractivity contribution in [3.63, 3.8) is 0 Å². The molecule has 0 heterocycles. The van der Waals surface area contributed by atoms with Gasteiger partial charge in [0.25, 0.3) is 3.92 Å². The van der Waals surface area contributed by atoms with Gasteiger partial charge in [0, 0.05) is 16.5 Å². The van der Waals surface area contributed by atoms with Crippen LogP contribution in [0.4, 0.5) is 0 Å². The van der Waals surface area contributed by atoms with E-state index in [-0.39, 0.29) is 11.6 Å². The van der Waals surface area contributed by atoms with E-state index in [0.717, 1.165) is 14.3 Å². The van der Waals surface area contributed by atoms with Crippen LogP contribution in [0, 0.1) is 3.57 Å². The second kappa shape index (κ2) is 5.32. The number of carbonyl (C=O) groups excluding carboxylic acids is 2. The molecule has 0 spiro atoms. The Balaban J connectivity index is 1.85. The van der Waals surface area contributed by atoms with Crippen molar-refractivity contribution in [2.45, 2.75) is 3.92 Å². The fourth-order valence-corrected chi connectivity index (χ4v) is 5.64. The lowest BCUT2D eigenvalue weighted by atomic mass is 9.87. The summed E-state index contributed by atoms with van der Waals surface area (Å²) in [7, 11) is 0. The van der Waals surface area contributed by atoms with Crippen LogP contribution >= 0.6 is 0 Å². The van der Waals surface area contributed by atoms with E-state index in [9.17, 15) is 9.59 Å². The normalized spacial score (nSPS) is 14.5. The highest BCUT2D eigenvalue weighted by atomic mass is 127. The van der Waals surface area contributed by atoms with Crippen LogP contribution in [-0.2, 0) is 0 Å². The molecule has 106 valence electrons. The molecule has 1 aliphatic carbocycles. The Morgan fingerprint density at radius 1 is 0.682 bits per heavy atom.